The fourth-order valence-corrected chi connectivity index (χ4v) is 0.815. The van der Waals surface area contributed by atoms with Gasteiger partial charge in [-0.05, 0) is 13.3 Å². The van der Waals surface area contributed by atoms with Crippen molar-refractivity contribution in [2.24, 2.45) is 5.73 Å². The van der Waals surface area contributed by atoms with Crippen molar-refractivity contribution in [2.75, 3.05) is 0 Å². The summed E-state index contributed by atoms with van der Waals surface area (Å²) in [5.74, 6) is -0.980. The van der Waals surface area contributed by atoms with Crippen molar-refractivity contribution < 1.29 is 9.90 Å². The summed E-state index contributed by atoms with van der Waals surface area (Å²) < 4.78 is 0. The van der Waals surface area contributed by atoms with Crippen molar-refractivity contribution in [3.8, 4) is 0 Å². The lowest BCUT2D eigenvalue weighted by Gasteiger charge is -2.05. The molecule has 72 valence electrons. The fraction of sp³-hybridized carbons (Fsp3) is 0.300. The average Bonchev–Trinajstić information content (AvgIpc) is 2.11. The van der Waals surface area contributed by atoms with E-state index in [0.29, 0.717) is 6.42 Å². The van der Waals surface area contributed by atoms with Gasteiger partial charge >= 0.3 is 5.97 Å². The van der Waals surface area contributed by atoms with Gasteiger partial charge in [0.2, 0.25) is 0 Å². The molecule has 13 heavy (non-hydrogen) atoms. The third-order valence-corrected chi connectivity index (χ3v) is 1.59. The minimum absolute atomic E-state index is 0.343. The molecular formula is C10H15NO2. The third-order valence-electron chi connectivity index (χ3n) is 1.59. The zero-order chi connectivity index (χ0) is 10.3. The Hall–Kier alpha value is -1.35. The molecule has 0 aromatic carbocycles. The normalized spacial score (nSPS) is 14.5. The highest BCUT2D eigenvalue weighted by atomic mass is 16.4. The van der Waals surface area contributed by atoms with Gasteiger partial charge in [-0.2, -0.15) is 0 Å². The molecule has 0 heterocycles. The maximum atomic E-state index is 10.4. The summed E-state index contributed by atoms with van der Waals surface area (Å²) >= 11 is 0. The molecule has 1 atom stereocenters. The number of allylic oxidation sites excluding steroid dienone is 4. The lowest BCUT2D eigenvalue weighted by atomic mass is 10.1. The highest BCUT2D eigenvalue weighted by molar-refractivity contribution is 5.73. The van der Waals surface area contributed by atoms with Crippen LogP contribution >= 0.6 is 0 Å². The molecule has 0 spiro atoms. The average molecular weight is 181 g/mol. The maximum Gasteiger partial charge on any atom is 0.320 e. The Bertz CT molecular complexity index is 241. The van der Waals surface area contributed by atoms with Crippen molar-refractivity contribution >= 4 is 5.97 Å². The minimum Gasteiger partial charge on any atom is -0.480 e. The lowest BCUT2D eigenvalue weighted by molar-refractivity contribution is -0.138. The molecule has 0 saturated heterocycles. The smallest absolute Gasteiger partial charge is 0.320 e. The zero-order valence-electron chi connectivity index (χ0n) is 7.73. The SMILES string of the molecule is C=C/C=C\C(=C/C)C[C@@H](N)C(=O)O. The summed E-state index contributed by atoms with van der Waals surface area (Å²) in [5, 5.41) is 8.56. The van der Waals surface area contributed by atoms with Crippen LogP contribution in [0.5, 0.6) is 0 Å². The van der Waals surface area contributed by atoms with Crippen molar-refractivity contribution in [2.45, 2.75) is 19.4 Å². The molecule has 0 amide bonds. The van der Waals surface area contributed by atoms with Crippen LogP contribution in [0.1, 0.15) is 13.3 Å². The van der Waals surface area contributed by atoms with Crippen LogP contribution in [-0.4, -0.2) is 17.1 Å². The second kappa shape index (κ2) is 6.20. The van der Waals surface area contributed by atoms with Crippen LogP contribution in [0, 0.1) is 0 Å². The first-order valence-corrected chi connectivity index (χ1v) is 4.04. The number of hydrogen-bond acceptors (Lipinski definition) is 2. The van der Waals surface area contributed by atoms with Crippen molar-refractivity contribution in [1.29, 1.82) is 0 Å². The molecule has 0 aromatic heterocycles. The van der Waals surface area contributed by atoms with E-state index < -0.39 is 12.0 Å². The van der Waals surface area contributed by atoms with Crippen molar-refractivity contribution in [3.63, 3.8) is 0 Å². The van der Waals surface area contributed by atoms with Gasteiger partial charge in [-0.3, -0.25) is 4.79 Å². The maximum absolute atomic E-state index is 10.4. The van der Waals surface area contributed by atoms with E-state index in [1.54, 1.807) is 18.2 Å². The van der Waals surface area contributed by atoms with E-state index in [1.165, 1.54) is 0 Å². The Morgan fingerprint density at radius 2 is 2.31 bits per heavy atom. The van der Waals surface area contributed by atoms with E-state index in [-0.39, 0.29) is 0 Å². The molecule has 0 bridgehead atoms. The molecule has 0 saturated carbocycles. The predicted molar refractivity (Wildman–Crippen MR) is 53.3 cm³/mol. The van der Waals surface area contributed by atoms with Crippen LogP contribution < -0.4 is 5.73 Å². The van der Waals surface area contributed by atoms with E-state index in [9.17, 15) is 4.79 Å². The summed E-state index contributed by atoms with van der Waals surface area (Å²) in [6.45, 7) is 5.36. The van der Waals surface area contributed by atoms with Crippen LogP contribution in [0.2, 0.25) is 0 Å². The second-order valence-corrected chi connectivity index (χ2v) is 2.61. The molecule has 0 aliphatic carbocycles. The van der Waals surface area contributed by atoms with Gasteiger partial charge in [0, 0.05) is 0 Å². The second-order valence-electron chi connectivity index (χ2n) is 2.61. The minimum atomic E-state index is -0.980. The highest BCUT2D eigenvalue weighted by Gasteiger charge is 2.11. The van der Waals surface area contributed by atoms with Crippen molar-refractivity contribution in [1.82, 2.24) is 0 Å². The Kier molecular flexibility index (Phi) is 5.55. The third kappa shape index (κ3) is 4.98. The van der Waals surface area contributed by atoms with Crippen LogP contribution in [0.25, 0.3) is 0 Å². The standard InChI is InChI=1S/C10H15NO2/c1-3-5-6-8(4-2)7-9(11)10(12)13/h3-6,9H,1,7,11H2,2H3,(H,12,13)/b6-5-,8-4+/t9-/m1/s1. The topological polar surface area (TPSA) is 63.3 Å². The zero-order valence-corrected chi connectivity index (χ0v) is 7.73. The first kappa shape index (κ1) is 11.6. The molecule has 0 radical (unpaired) electrons. The summed E-state index contributed by atoms with van der Waals surface area (Å²) in [6.07, 6.45) is 7.37. The van der Waals surface area contributed by atoms with Crippen LogP contribution in [0.15, 0.2) is 36.5 Å². The van der Waals surface area contributed by atoms with Gasteiger partial charge in [-0.1, -0.05) is 36.5 Å². The summed E-state index contributed by atoms with van der Waals surface area (Å²) in [6, 6.07) is -0.833. The first-order valence-electron chi connectivity index (χ1n) is 4.04. The molecule has 0 aromatic rings. The number of carboxylic acid groups (broad SMARTS) is 1. The van der Waals surface area contributed by atoms with Gasteiger partial charge in [-0.15, -0.1) is 0 Å². The van der Waals surface area contributed by atoms with Crippen LogP contribution in [0.4, 0.5) is 0 Å². The molecule has 3 nitrogen and oxygen atoms in total. The number of nitrogens with two attached hydrogens (primary N) is 1. The molecule has 3 N–H and O–H groups in total. The Labute approximate surface area is 78.3 Å². The van der Waals surface area contributed by atoms with Gasteiger partial charge in [0.15, 0.2) is 0 Å². The predicted octanol–water partition coefficient (Wildman–Crippen LogP) is 1.48. The van der Waals surface area contributed by atoms with Gasteiger partial charge < -0.3 is 10.8 Å². The monoisotopic (exact) mass is 181 g/mol. The van der Waals surface area contributed by atoms with Gasteiger partial charge in [0.1, 0.15) is 6.04 Å². The Balaban J connectivity index is 4.22. The molecule has 0 aliphatic heterocycles. The van der Waals surface area contributed by atoms with E-state index >= 15 is 0 Å². The number of carbonyl (C=O) groups is 1. The Morgan fingerprint density at radius 1 is 1.69 bits per heavy atom. The fourth-order valence-electron chi connectivity index (χ4n) is 0.815. The van der Waals surface area contributed by atoms with E-state index in [1.807, 2.05) is 13.0 Å². The van der Waals surface area contributed by atoms with Crippen LogP contribution in [-0.2, 0) is 4.79 Å². The van der Waals surface area contributed by atoms with Gasteiger partial charge in [0.05, 0.1) is 0 Å². The van der Waals surface area contributed by atoms with E-state index in [0.717, 1.165) is 5.57 Å². The Morgan fingerprint density at radius 3 is 2.69 bits per heavy atom. The molecule has 0 unspecified atom stereocenters. The largest absolute Gasteiger partial charge is 0.480 e. The number of aliphatic carboxylic acids is 1. The van der Waals surface area contributed by atoms with Crippen molar-refractivity contribution in [3.05, 3.63) is 36.5 Å². The molecule has 0 aliphatic rings. The van der Waals surface area contributed by atoms with Gasteiger partial charge in [0.25, 0.3) is 0 Å². The van der Waals surface area contributed by atoms with Crippen LogP contribution in [0.3, 0.4) is 0 Å². The van der Waals surface area contributed by atoms with E-state index in [4.69, 9.17) is 10.8 Å². The first-order chi connectivity index (χ1) is 6.11. The number of hydrogen-bond donors (Lipinski definition) is 2. The molecule has 3 heteroatoms. The summed E-state index contributed by atoms with van der Waals surface area (Å²) in [5.41, 5.74) is 6.26. The molecular weight excluding hydrogens is 166 g/mol. The van der Waals surface area contributed by atoms with E-state index in [2.05, 4.69) is 6.58 Å². The molecule has 0 fully saturated rings. The number of carboxylic acids is 1. The quantitative estimate of drug-likeness (QED) is 0.631. The highest BCUT2D eigenvalue weighted by Crippen LogP contribution is 2.06. The molecule has 0 rings (SSSR count). The summed E-state index contributed by atoms with van der Waals surface area (Å²) in [7, 11) is 0. The van der Waals surface area contributed by atoms with Gasteiger partial charge in [-0.25, -0.2) is 0 Å². The lowest BCUT2D eigenvalue weighted by Crippen LogP contribution is -2.30. The summed E-state index contributed by atoms with van der Waals surface area (Å²) in [4.78, 5) is 10.4. The number of rotatable bonds is 5.